The number of amides is 1. The van der Waals surface area contributed by atoms with E-state index in [0.717, 1.165) is 29.0 Å². The van der Waals surface area contributed by atoms with Crippen molar-refractivity contribution in [3.8, 4) is 0 Å². The lowest BCUT2D eigenvalue weighted by atomic mass is 10.1. The van der Waals surface area contributed by atoms with Gasteiger partial charge in [-0.15, -0.1) is 0 Å². The molecule has 2 aromatic rings. The summed E-state index contributed by atoms with van der Waals surface area (Å²) in [6, 6.07) is 11.5. The summed E-state index contributed by atoms with van der Waals surface area (Å²) in [7, 11) is 0. The van der Waals surface area contributed by atoms with Crippen LogP contribution in [0.15, 0.2) is 48.8 Å². The van der Waals surface area contributed by atoms with Gasteiger partial charge in [0.25, 0.3) is 0 Å². The molecule has 104 valence electrons. The van der Waals surface area contributed by atoms with E-state index in [4.69, 9.17) is 11.6 Å². The maximum absolute atomic E-state index is 11.7. The molecule has 0 saturated heterocycles. The van der Waals surface area contributed by atoms with Gasteiger partial charge < -0.3 is 5.32 Å². The summed E-state index contributed by atoms with van der Waals surface area (Å²) in [5.74, 6) is 0.0730. The van der Waals surface area contributed by atoms with Gasteiger partial charge in [0.05, 0.1) is 0 Å². The normalized spacial score (nSPS) is 10.2. The predicted octanol–water partition coefficient (Wildman–Crippen LogP) is 3.03. The van der Waals surface area contributed by atoms with Crippen molar-refractivity contribution in [3.63, 3.8) is 0 Å². The van der Waals surface area contributed by atoms with E-state index in [2.05, 4.69) is 10.3 Å². The number of benzene rings is 1. The maximum atomic E-state index is 11.7. The first-order chi connectivity index (χ1) is 9.74. The van der Waals surface area contributed by atoms with E-state index >= 15 is 0 Å². The molecular weight excluding hydrogens is 272 g/mol. The van der Waals surface area contributed by atoms with Crippen molar-refractivity contribution in [1.29, 1.82) is 0 Å². The Morgan fingerprint density at radius 1 is 1.10 bits per heavy atom. The smallest absolute Gasteiger partial charge is 0.220 e. The van der Waals surface area contributed by atoms with Crippen molar-refractivity contribution in [1.82, 2.24) is 10.3 Å². The van der Waals surface area contributed by atoms with Gasteiger partial charge in [0.15, 0.2) is 0 Å². The quantitative estimate of drug-likeness (QED) is 0.888. The van der Waals surface area contributed by atoms with Crippen LogP contribution in [0.2, 0.25) is 5.02 Å². The Bertz CT molecular complexity index is 540. The minimum atomic E-state index is 0.0730. The van der Waals surface area contributed by atoms with Crippen LogP contribution in [0.3, 0.4) is 0 Å². The number of nitrogens with zero attached hydrogens (tertiary/aromatic N) is 1. The SMILES string of the molecule is O=C(CCc1ccc(Cl)cc1)NCCc1cccnc1. The Balaban J connectivity index is 1.67. The molecule has 20 heavy (non-hydrogen) atoms. The molecule has 0 fully saturated rings. The first-order valence-electron chi connectivity index (χ1n) is 6.64. The second kappa shape index (κ2) is 7.65. The van der Waals surface area contributed by atoms with Crippen LogP contribution in [0.1, 0.15) is 17.5 Å². The van der Waals surface area contributed by atoms with E-state index in [1.165, 1.54) is 0 Å². The monoisotopic (exact) mass is 288 g/mol. The van der Waals surface area contributed by atoms with Crippen LogP contribution < -0.4 is 5.32 Å². The van der Waals surface area contributed by atoms with Crippen molar-refractivity contribution in [2.24, 2.45) is 0 Å². The lowest BCUT2D eigenvalue weighted by Crippen LogP contribution is -2.25. The number of hydrogen-bond acceptors (Lipinski definition) is 2. The van der Waals surface area contributed by atoms with Crippen molar-refractivity contribution >= 4 is 17.5 Å². The molecule has 0 radical (unpaired) electrons. The molecule has 4 heteroatoms. The van der Waals surface area contributed by atoms with Gasteiger partial charge in [-0.3, -0.25) is 9.78 Å². The van der Waals surface area contributed by atoms with E-state index in [1.807, 2.05) is 42.6 Å². The highest BCUT2D eigenvalue weighted by atomic mass is 35.5. The van der Waals surface area contributed by atoms with E-state index < -0.39 is 0 Å². The molecule has 1 N–H and O–H groups in total. The summed E-state index contributed by atoms with van der Waals surface area (Å²) >= 11 is 5.82. The van der Waals surface area contributed by atoms with Crippen molar-refractivity contribution in [2.45, 2.75) is 19.3 Å². The van der Waals surface area contributed by atoms with Crippen molar-refractivity contribution in [3.05, 3.63) is 64.9 Å². The summed E-state index contributed by atoms with van der Waals surface area (Å²) < 4.78 is 0. The molecule has 1 aromatic carbocycles. The second-order valence-corrected chi connectivity index (χ2v) is 5.02. The van der Waals surface area contributed by atoms with E-state index in [-0.39, 0.29) is 5.91 Å². The van der Waals surface area contributed by atoms with Gasteiger partial charge >= 0.3 is 0 Å². The average Bonchev–Trinajstić information content (AvgIpc) is 2.48. The summed E-state index contributed by atoms with van der Waals surface area (Å²) in [6.07, 6.45) is 5.60. The Labute approximate surface area is 124 Å². The Hall–Kier alpha value is -1.87. The van der Waals surface area contributed by atoms with Crippen LogP contribution in [0.4, 0.5) is 0 Å². The molecule has 0 aliphatic carbocycles. The first-order valence-corrected chi connectivity index (χ1v) is 7.02. The van der Waals surface area contributed by atoms with Gasteiger partial charge in [-0.05, 0) is 42.2 Å². The van der Waals surface area contributed by atoms with Crippen LogP contribution >= 0.6 is 11.6 Å². The minimum Gasteiger partial charge on any atom is -0.356 e. The van der Waals surface area contributed by atoms with Gasteiger partial charge in [0.1, 0.15) is 0 Å². The second-order valence-electron chi connectivity index (χ2n) is 4.59. The molecule has 0 atom stereocenters. The third-order valence-corrected chi connectivity index (χ3v) is 3.26. The molecule has 1 amide bonds. The van der Waals surface area contributed by atoms with Crippen LogP contribution in [-0.4, -0.2) is 17.4 Å². The average molecular weight is 289 g/mol. The standard InChI is InChI=1S/C16H17ClN2O/c17-15-6-3-13(4-7-15)5-8-16(20)19-11-9-14-2-1-10-18-12-14/h1-4,6-7,10,12H,5,8-9,11H2,(H,19,20). The van der Waals surface area contributed by atoms with Gasteiger partial charge in [-0.1, -0.05) is 29.8 Å². The number of aromatic nitrogens is 1. The van der Waals surface area contributed by atoms with Crippen molar-refractivity contribution in [2.75, 3.05) is 6.54 Å². The van der Waals surface area contributed by atoms with Crippen LogP contribution in [0.25, 0.3) is 0 Å². The zero-order valence-electron chi connectivity index (χ0n) is 11.2. The molecule has 3 nitrogen and oxygen atoms in total. The van der Waals surface area contributed by atoms with E-state index in [1.54, 1.807) is 6.20 Å². The number of aryl methyl sites for hydroxylation is 1. The van der Waals surface area contributed by atoms with Gasteiger partial charge in [-0.2, -0.15) is 0 Å². The third kappa shape index (κ3) is 5.02. The number of carbonyl (C=O) groups is 1. The maximum Gasteiger partial charge on any atom is 0.220 e. The number of pyridine rings is 1. The number of halogens is 1. The first kappa shape index (κ1) is 14.5. The molecule has 0 unspecified atom stereocenters. The highest BCUT2D eigenvalue weighted by Gasteiger charge is 2.02. The van der Waals surface area contributed by atoms with Crippen LogP contribution in [0, 0.1) is 0 Å². The predicted molar refractivity (Wildman–Crippen MR) is 80.7 cm³/mol. The number of nitrogens with one attached hydrogen (secondary N) is 1. The largest absolute Gasteiger partial charge is 0.356 e. The molecule has 0 aliphatic rings. The number of carbonyl (C=O) groups excluding carboxylic acids is 1. The molecule has 0 bridgehead atoms. The number of hydrogen-bond donors (Lipinski definition) is 1. The number of rotatable bonds is 6. The summed E-state index contributed by atoms with van der Waals surface area (Å²) in [4.78, 5) is 15.8. The van der Waals surface area contributed by atoms with Gasteiger partial charge in [-0.25, -0.2) is 0 Å². The minimum absolute atomic E-state index is 0.0730. The highest BCUT2D eigenvalue weighted by Crippen LogP contribution is 2.10. The lowest BCUT2D eigenvalue weighted by molar-refractivity contribution is -0.121. The molecule has 0 saturated carbocycles. The summed E-state index contributed by atoms with van der Waals surface area (Å²) in [5, 5.41) is 3.64. The summed E-state index contributed by atoms with van der Waals surface area (Å²) in [5.41, 5.74) is 2.25. The molecule has 1 aromatic heterocycles. The highest BCUT2D eigenvalue weighted by molar-refractivity contribution is 6.30. The summed E-state index contributed by atoms with van der Waals surface area (Å²) in [6.45, 7) is 0.644. The van der Waals surface area contributed by atoms with Crippen LogP contribution in [-0.2, 0) is 17.6 Å². The van der Waals surface area contributed by atoms with Gasteiger partial charge in [0, 0.05) is 30.4 Å². The fraction of sp³-hybridized carbons (Fsp3) is 0.250. The molecular formula is C16H17ClN2O. The zero-order chi connectivity index (χ0) is 14.2. The third-order valence-electron chi connectivity index (χ3n) is 3.01. The Morgan fingerprint density at radius 3 is 2.60 bits per heavy atom. The van der Waals surface area contributed by atoms with E-state index in [9.17, 15) is 4.79 Å². The van der Waals surface area contributed by atoms with Gasteiger partial charge in [0.2, 0.25) is 5.91 Å². The molecule has 0 spiro atoms. The topological polar surface area (TPSA) is 42.0 Å². The Kier molecular flexibility index (Phi) is 5.56. The fourth-order valence-electron chi connectivity index (χ4n) is 1.89. The molecule has 0 aliphatic heterocycles. The molecule has 2 rings (SSSR count). The van der Waals surface area contributed by atoms with Crippen molar-refractivity contribution < 1.29 is 4.79 Å². The lowest BCUT2D eigenvalue weighted by Gasteiger charge is -2.05. The zero-order valence-corrected chi connectivity index (χ0v) is 11.9. The van der Waals surface area contributed by atoms with E-state index in [0.29, 0.717) is 13.0 Å². The fourth-order valence-corrected chi connectivity index (χ4v) is 2.02. The van der Waals surface area contributed by atoms with Crippen LogP contribution in [0.5, 0.6) is 0 Å². The molecule has 1 heterocycles. The Morgan fingerprint density at radius 2 is 1.90 bits per heavy atom.